The molecule has 0 radical (unpaired) electrons. The van der Waals surface area contributed by atoms with Crippen LogP contribution in [0.15, 0.2) is 36.4 Å². The minimum absolute atomic E-state index is 0.761. The van der Waals surface area contributed by atoms with Gasteiger partial charge in [-0.25, -0.2) is 0 Å². The fourth-order valence-corrected chi connectivity index (χ4v) is 3.29. The molecular weight excluding hydrogens is 260 g/mol. The van der Waals surface area contributed by atoms with Crippen molar-refractivity contribution in [2.75, 3.05) is 39.3 Å². The molecule has 2 heterocycles. The average Bonchev–Trinajstić information content (AvgIpc) is 3.16. The number of hydrogen-bond acceptors (Lipinski definition) is 3. The molecule has 0 spiro atoms. The molecule has 114 valence electrons. The van der Waals surface area contributed by atoms with Gasteiger partial charge in [-0.1, -0.05) is 30.4 Å². The summed E-state index contributed by atoms with van der Waals surface area (Å²) in [5, 5.41) is 0. The lowest BCUT2D eigenvalue weighted by molar-refractivity contribution is 0.226. The summed E-state index contributed by atoms with van der Waals surface area (Å²) in [6, 6.07) is 9.01. The van der Waals surface area contributed by atoms with Crippen molar-refractivity contribution in [3.05, 3.63) is 42.0 Å². The number of hydrogen-bond donors (Lipinski definition) is 0. The molecule has 2 aliphatic rings. The van der Waals surface area contributed by atoms with E-state index in [-0.39, 0.29) is 0 Å². The van der Waals surface area contributed by atoms with Gasteiger partial charge in [0.05, 0.1) is 6.61 Å². The first kappa shape index (κ1) is 14.6. The van der Waals surface area contributed by atoms with Crippen molar-refractivity contribution < 1.29 is 4.74 Å². The predicted octanol–water partition coefficient (Wildman–Crippen LogP) is 2.71. The topological polar surface area (TPSA) is 15.7 Å². The van der Waals surface area contributed by atoms with Crippen molar-refractivity contribution in [2.45, 2.75) is 25.8 Å². The molecule has 1 aromatic carbocycles. The van der Waals surface area contributed by atoms with Crippen LogP contribution in [-0.4, -0.2) is 55.2 Å². The van der Waals surface area contributed by atoms with E-state index in [9.17, 15) is 0 Å². The van der Waals surface area contributed by atoms with E-state index in [1.807, 2.05) is 6.07 Å². The van der Waals surface area contributed by atoms with Crippen LogP contribution in [-0.2, 0) is 0 Å². The number of aryl methyl sites for hydroxylation is 1. The molecule has 21 heavy (non-hydrogen) atoms. The monoisotopic (exact) mass is 286 g/mol. The Morgan fingerprint density at radius 3 is 2.81 bits per heavy atom. The molecule has 1 atom stereocenters. The number of nitrogens with zero attached hydrogens (tertiary/aromatic N) is 2. The van der Waals surface area contributed by atoms with Gasteiger partial charge in [-0.3, -0.25) is 4.90 Å². The Morgan fingerprint density at radius 1 is 1.19 bits per heavy atom. The molecule has 1 saturated heterocycles. The van der Waals surface area contributed by atoms with Crippen molar-refractivity contribution in [3.63, 3.8) is 0 Å². The molecule has 0 aromatic heterocycles. The first-order valence-corrected chi connectivity index (χ1v) is 8.13. The largest absolute Gasteiger partial charge is 0.493 e. The van der Waals surface area contributed by atoms with E-state index in [2.05, 4.69) is 47.1 Å². The second-order valence-electron chi connectivity index (χ2n) is 6.14. The van der Waals surface area contributed by atoms with E-state index >= 15 is 0 Å². The van der Waals surface area contributed by atoms with E-state index in [4.69, 9.17) is 4.74 Å². The third-order valence-electron chi connectivity index (χ3n) is 4.58. The highest BCUT2D eigenvalue weighted by Gasteiger charge is 2.27. The predicted molar refractivity (Wildman–Crippen MR) is 86.8 cm³/mol. The van der Waals surface area contributed by atoms with Gasteiger partial charge in [0.1, 0.15) is 5.75 Å². The molecule has 0 saturated carbocycles. The van der Waals surface area contributed by atoms with Crippen molar-refractivity contribution in [1.82, 2.24) is 9.80 Å². The second-order valence-corrected chi connectivity index (χ2v) is 6.14. The summed E-state index contributed by atoms with van der Waals surface area (Å²) in [6.45, 7) is 8.84. The number of para-hydroxylation sites is 1. The van der Waals surface area contributed by atoms with E-state index in [0.717, 1.165) is 44.5 Å². The molecule has 3 heteroatoms. The van der Waals surface area contributed by atoms with Crippen LogP contribution in [0.25, 0.3) is 0 Å². The van der Waals surface area contributed by atoms with E-state index in [0.29, 0.717) is 0 Å². The first-order chi connectivity index (χ1) is 10.3. The Bertz CT molecular complexity index is 478. The van der Waals surface area contributed by atoms with Crippen LogP contribution in [0.5, 0.6) is 5.75 Å². The highest BCUT2D eigenvalue weighted by Crippen LogP contribution is 2.19. The Hall–Kier alpha value is -1.32. The molecule has 3 rings (SSSR count). The molecule has 1 fully saturated rings. The van der Waals surface area contributed by atoms with Gasteiger partial charge in [-0.2, -0.15) is 0 Å². The number of rotatable bonds is 6. The Morgan fingerprint density at radius 2 is 2.00 bits per heavy atom. The Kier molecular flexibility index (Phi) is 4.94. The average molecular weight is 286 g/mol. The smallest absolute Gasteiger partial charge is 0.122 e. The Labute approximate surface area is 128 Å². The Balaban J connectivity index is 1.34. The maximum Gasteiger partial charge on any atom is 0.122 e. The van der Waals surface area contributed by atoms with Crippen LogP contribution in [0.1, 0.15) is 18.4 Å². The van der Waals surface area contributed by atoms with Crippen LogP contribution in [0.2, 0.25) is 0 Å². The van der Waals surface area contributed by atoms with Gasteiger partial charge in [0.2, 0.25) is 0 Å². The molecule has 2 aliphatic heterocycles. The van der Waals surface area contributed by atoms with Gasteiger partial charge in [0.25, 0.3) is 0 Å². The van der Waals surface area contributed by atoms with Crippen LogP contribution in [0.4, 0.5) is 0 Å². The van der Waals surface area contributed by atoms with E-state index in [1.165, 1.54) is 25.1 Å². The summed E-state index contributed by atoms with van der Waals surface area (Å²) in [5.41, 5.74) is 1.22. The van der Waals surface area contributed by atoms with Gasteiger partial charge >= 0.3 is 0 Å². The summed E-state index contributed by atoms with van der Waals surface area (Å²) in [4.78, 5) is 5.17. The zero-order chi connectivity index (χ0) is 14.5. The van der Waals surface area contributed by atoms with Gasteiger partial charge in [-0.05, 0) is 37.9 Å². The van der Waals surface area contributed by atoms with Crippen LogP contribution in [0, 0.1) is 6.92 Å². The third kappa shape index (κ3) is 3.86. The van der Waals surface area contributed by atoms with Gasteiger partial charge in [-0.15, -0.1) is 0 Å². The summed E-state index contributed by atoms with van der Waals surface area (Å²) in [6.07, 6.45) is 7.01. The number of likely N-dealkylation sites (tertiary alicyclic amines) is 1. The second kappa shape index (κ2) is 7.10. The van der Waals surface area contributed by atoms with Crippen molar-refractivity contribution in [1.29, 1.82) is 0 Å². The lowest BCUT2D eigenvalue weighted by Gasteiger charge is -2.23. The lowest BCUT2D eigenvalue weighted by Crippen LogP contribution is -2.36. The van der Waals surface area contributed by atoms with Crippen LogP contribution >= 0.6 is 0 Å². The van der Waals surface area contributed by atoms with Gasteiger partial charge in [0.15, 0.2) is 0 Å². The highest BCUT2D eigenvalue weighted by atomic mass is 16.5. The molecule has 1 unspecified atom stereocenters. The van der Waals surface area contributed by atoms with Crippen molar-refractivity contribution >= 4 is 0 Å². The summed E-state index contributed by atoms with van der Waals surface area (Å²) in [5.74, 6) is 1.03. The number of benzene rings is 1. The third-order valence-corrected chi connectivity index (χ3v) is 4.58. The van der Waals surface area contributed by atoms with E-state index < -0.39 is 0 Å². The maximum atomic E-state index is 5.88. The highest BCUT2D eigenvalue weighted by molar-refractivity contribution is 5.31. The van der Waals surface area contributed by atoms with Crippen LogP contribution in [0.3, 0.4) is 0 Å². The first-order valence-electron chi connectivity index (χ1n) is 8.13. The van der Waals surface area contributed by atoms with Gasteiger partial charge in [0, 0.05) is 32.2 Å². The summed E-state index contributed by atoms with van der Waals surface area (Å²) < 4.78 is 5.88. The normalized spacial score (nSPS) is 23.0. The fourth-order valence-electron chi connectivity index (χ4n) is 3.29. The molecule has 3 nitrogen and oxygen atoms in total. The van der Waals surface area contributed by atoms with Crippen LogP contribution < -0.4 is 4.74 Å². The summed E-state index contributed by atoms with van der Waals surface area (Å²) in [7, 11) is 0. The zero-order valence-electron chi connectivity index (χ0n) is 13.0. The van der Waals surface area contributed by atoms with E-state index in [1.54, 1.807) is 0 Å². The maximum absolute atomic E-state index is 5.88. The lowest BCUT2D eigenvalue weighted by atomic mass is 10.2. The summed E-state index contributed by atoms with van der Waals surface area (Å²) >= 11 is 0. The van der Waals surface area contributed by atoms with Crippen molar-refractivity contribution in [2.24, 2.45) is 0 Å². The molecule has 0 amide bonds. The minimum atomic E-state index is 0.761. The minimum Gasteiger partial charge on any atom is -0.493 e. The number of ether oxygens (including phenoxy) is 1. The standard InChI is InChI=1S/C18H26N2O/c1-16-7-2-3-8-18(16)21-14-6-10-19-13-9-17(15-19)20-11-4-5-12-20/h2-5,7-8,17H,6,9-15H2,1H3. The molecule has 0 N–H and O–H groups in total. The zero-order valence-corrected chi connectivity index (χ0v) is 13.0. The molecule has 1 aromatic rings. The molecule has 0 aliphatic carbocycles. The molecule has 0 bridgehead atoms. The quantitative estimate of drug-likeness (QED) is 0.591. The molecular formula is C18H26N2O. The fraction of sp³-hybridized carbons (Fsp3) is 0.556. The SMILES string of the molecule is Cc1ccccc1OCCCN1CCC(N2CC=CC2)C1. The van der Waals surface area contributed by atoms with Crippen molar-refractivity contribution in [3.8, 4) is 5.75 Å². The van der Waals surface area contributed by atoms with Gasteiger partial charge < -0.3 is 9.64 Å².